The molecular formula is C22H24F2N6OS. The van der Waals surface area contributed by atoms with E-state index in [1.54, 1.807) is 16.2 Å². The molecule has 0 saturated carbocycles. The van der Waals surface area contributed by atoms with Gasteiger partial charge >= 0.3 is 0 Å². The monoisotopic (exact) mass is 458 g/mol. The van der Waals surface area contributed by atoms with Gasteiger partial charge in [-0.15, -0.1) is 11.3 Å². The van der Waals surface area contributed by atoms with Gasteiger partial charge in [0.1, 0.15) is 6.34 Å². The van der Waals surface area contributed by atoms with Crippen molar-refractivity contribution in [3.63, 3.8) is 0 Å². The third-order valence-electron chi connectivity index (χ3n) is 5.28. The Morgan fingerprint density at radius 2 is 1.88 bits per heavy atom. The summed E-state index contributed by atoms with van der Waals surface area (Å²) in [7, 11) is 0. The Morgan fingerprint density at radius 1 is 1.16 bits per heavy atom. The maximum absolute atomic E-state index is 12.9. The number of hydrogen-bond donors (Lipinski definition) is 2. The standard InChI is InChI=1S/C22H24F2N6OS/c1-2-29-10-19(9-26-29)16-5-3-15(4-6-16)17-7-20(32-13-17)12-28-14-27-30(22(28)31)11-18(8-25)21(23)24/h3-7,9-10,13-14,22,31H,2,8,11-12,25H2,1H3. The van der Waals surface area contributed by atoms with E-state index in [-0.39, 0.29) is 18.7 Å². The molecule has 1 aliphatic rings. The Morgan fingerprint density at radius 3 is 2.50 bits per heavy atom. The van der Waals surface area contributed by atoms with Gasteiger partial charge in [-0.25, -0.2) is 5.01 Å². The minimum Gasteiger partial charge on any atom is -0.355 e. The minimum absolute atomic E-state index is 0.216. The number of aryl methyl sites for hydroxylation is 1. The van der Waals surface area contributed by atoms with E-state index >= 15 is 0 Å². The molecule has 1 aliphatic heterocycles. The van der Waals surface area contributed by atoms with Crippen molar-refractivity contribution in [3.8, 4) is 22.3 Å². The van der Waals surface area contributed by atoms with E-state index < -0.39 is 12.4 Å². The fourth-order valence-corrected chi connectivity index (χ4v) is 4.30. The first-order valence-corrected chi connectivity index (χ1v) is 11.0. The molecule has 0 saturated heterocycles. The quantitative estimate of drug-likeness (QED) is 0.537. The van der Waals surface area contributed by atoms with Crippen molar-refractivity contribution in [1.29, 1.82) is 0 Å². The zero-order valence-corrected chi connectivity index (χ0v) is 18.3. The van der Waals surface area contributed by atoms with Crippen molar-refractivity contribution in [2.45, 2.75) is 26.4 Å². The third-order valence-corrected chi connectivity index (χ3v) is 6.20. The fraction of sp³-hybridized carbons (Fsp3) is 0.273. The van der Waals surface area contributed by atoms with E-state index in [4.69, 9.17) is 5.73 Å². The molecule has 3 aromatic rings. The summed E-state index contributed by atoms with van der Waals surface area (Å²) in [6.45, 7) is 2.81. The van der Waals surface area contributed by atoms with Crippen molar-refractivity contribution in [1.82, 2.24) is 19.7 Å². The topological polar surface area (TPSA) is 82.9 Å². The van der Waals surface area contributed by atoms with Crippen molar-refractivity contribution < 1.29 is 13.9 Å². The number of rotatable bonds is 8. The number of aliphatic hydroxyl groups excluding tert-OH is 1. The highest BCUT2D eigenvalue weighted by Crippen LogP contribution is 2.29. The lowest BCUT2D eigenvalue weighted by Gasteiger charge is -2.25. The molecule has 7 nitrogen and oxygen atoms in total. The predicted molar refractivity (Wildman–Crippen MR) is 122 cm³/mol. The van der Waals surface area contributed by atoms with Gasteiger partial charge in [0.2, 0.25) is 6.35 Å². The van der Waals surface area contributed by atoms with Gasteiger partial charge < -0.3 is 15.7 Å². The van der Waals surface area contributed by atoms with E-state index in [9.17, 15) is 13.9 Å². The van der Waals surface area contributed by atoms with E-state index in [1.807, 2.05) is 17.1 Å². The first-order valence-electron chi connectivity index (χ1n) is 10.2. The summed E-state index contributed by atoms with van der Waals surface area (Å²) in [6.07, 6.45) is 2.39. The molecule has 0 radical (unpaired) electrons. The summed E-state index contributed by atoms with van der Waals surface area (Å²) in [5, 5.41) is 22.0. The molecule has 0 aliphatic carbocycles. The van der Waals surface area contributed by atoms with Crippen LogP contribution in [-0.2, 0) is 13.1 Å². The number of aliphatic hydroxyl groups is 1. The summed E-state index contributed by atoms with van der Waals surface area (Å²) in [5.74, 6) is 0. The van der Waals surface area contributed by atoms with Crippen molar-refractivity contribution >= 4 is 17.7 Å². The average molecular weight is 459 g/mol. The van der Waals surface area contributed by atoms with Crippen LogP contribution in [0.4, 0.5) is 8.78 Å². The van der Waals surface area contributed by atoms with Crippen LogP contribution in [0.2, 0.25) is 0 Å². The normalized spacial score (nSPS) is 15.6. The van der Waals surface area contributed by atoms with Gasteiger partial charge in [0.25, 0.3) is 6.08 Å². The van der Waals surface area contributed by atoms with Crippen LogP contribution in [0.1, 0.15) is 11.8 Å². The summed E-state index contributed by atoms with van der Waals surface area (Å²) in [4.78, 5) is 2.61. The van der Waals surface area contributed by atoms with Crippen LogP contribution >= 0.6 is 11.3 Å². The molecular weight excluding hydrogens is 434 g/mol. The Hall–Kier alpha value is -3.08. The van der Waals surface area contributed by atoms with Gasteiger partial charge in [-0.1, -0.05) is 24.3 Å². The second-order valence-corrected chi connectivity index (χ2v) is 8.37. The summed E-state index contributed by atoms with van der Waals surface area (Å²) < 4.78 is 27.6. The second-order valence-electron chi connectivity index (χ2n) is 7.38. The molecule has 168 valence electrons. The maximum Gasteiger partial charge on any atom is 0.272 e. The van der Waals surface area contributed by atoms with E-state index in [2.05, 4.69) is 52.8 Å². The summed E-state index contributed by atoms with van der Waals surface area (Å²) in [6, 6.07) is 10.4. The van der Waals surface area contributed by atoms with Crippen LogP contribution in [0.5, 0.6) is 0 Å². The molecule has 1 unspecified atom stereocenters. The summed E-state index contributed by atoms with van der Waals surface area (Å²) >= 11 is 1.57. The van der Waals surface area contributed by atoms with Gasteiger partial charge in [0, 0.05) is 35.3 Å². The Balaban J connectivity index is 1.40. The highest BCUT2D eigenvalue weighted by Gasteiger charge is 2.27. The van der Waals surface area contributed by atoms with Gasteiger partial charge in [-0.3, -0.25) is 4.68 Å². The van der Waals surface area contributed by atoms with E-state index in [1.165, 1.54) is 11.3 Å². The zero-order valence-electron chi connectivity index (χ0n) is 17.5. The van der Waals surface area contributed by atoms with Crippen molar-refractivity contribution in [2.24, 2.45) is 10.8 Å². The molecule has 0 spiro atoms. The Labute approximate surface area is 188 Å². The van der Waals surface area contributed by atoms with E-state index in [0.29, 0.717) is 6.54 Å². The maximum atomic E-state index is 12.9. The van der Waals surface area contributed by atoms with Crippen LogP contribution in [0.25, 0.3) is 22.3 Å². The van der Waals surface area contributed by atoms with Crippen LogP contribution < -0.4 is 5.73 Å². The number of halogens is 2. The molecule has 3 N–H and O–H groups in total. The largest absolute Gasteiger partial charge is 0.355 e. The van der Waals surface area contributed by atoms with Gasteiger partial charge in [0.05, 0.1) is 19.3 Å². The zero-order chi connectivity index (χ0) is 22.7. The number of aromatic nitrogens is 2. The van der Waals surface area contributed by atoms with Gasteiger partial charge in [0.15, 0.2) is 0 Å². The lowest BCUT2D eigenvalue weighted by molar-refractivity contribution is -0.0564. The SMILES string of the molecule is CCn1cc(-c2ccc(-c3csc(CN4C=NN(CC(CN)=C(F)F)C4O)c3)cc2)cn1. The minimum atomic E-state index is -1.83. The van der Waals surface area contributed by atoms with Crippen LogP contribution in [0.3, 0.4) is 0 Å². The number of thiophene rings is 1. The number of benzene rings is 1. The lowest BCUT2D eigenvalue weighted by Crippen LogP contribution is -2.40. The van der Waals surface area contributed by atoms with Gasteiger partial charge in [-0.05, 0) is 35.1 Å². The molecule has 0 fully saturated rings. The summed E-state index contributed by atoms with van der Waals surface area (Å²) in [5.41, 5.74) is 9.46. The molecule has 32 heavy (non-hydrogen) atoms. The van der Waals surface area contributed by atoms with Crippen molar-refractivity contribution in [2.75, 3.05) is 13.1 Å². The fourth-order valence-electron chi connectivity index (χ4n) is 3.40. The smallest absolute Gasteiger partial charge is 0.272 e. The lowest BCUT2D eigenvalue weighted by atomic mass is 10.0. The van der Waals surface area contributed by atoms with Crippen LogP contribution in [-0.4, -0.2) is 50.6 Å². The second kappa shape index (κ2) is 9.60. The van der Waals surface area contributed by atoms with Crippen LogP contribution in [0, 0.1) is 0 Å². The number of hydrazone groups is 1. The Kier molecular flexibility index (Phi) is 6.63. The molecule has 1 aromatic carbocycles. The first-order chi connectivity index (χ1) is 15.5. The van der Waals surface area contributed by atoms with Crippen molar-refractivity contribution in [3.05, 3.63) is 64.6 Å². The van der Waals surface area contributed by atoms with E-state index in [0.717, 1.165) is 33.7 Å². The molecule has 3 heterocycles. The number of nitrogens with zero attached hydrogens (tertiary/aromatic N) is 5. The predicted octanol–water partition coefficient (Wildman–Crippen LogP) is 3.74. The number of nitrogens with two attached hydrogens (primary N) is 1. The highest BCUT2D eigenvalue weighted by molar-refractivity contribution is 7.10. The highest BCUT2D eigenvalue weighted by atomic mass is 32.1. The molecule has 0 amide bonds. The molecule has 4 rings (SSSR count). The van der Waals surface area contributed by atoms with Gasteiger partial charge in [-0.2, -0.15) is 19.0 Å². The molecule has 2 aromatic heterocycles. The first kappa shape index (κ1) is 22.1. The molecule has 10 heteroatoms. The third kappa shape index (κ3) is 4.72. The Bertz CT molecular complexity index is 1120. The molecule has 1 atom stereocenters. The molecule has 0 bridgehead atoms. The number of hydrogen-bond acceptors (Lipinski definition) is 7. The van der Waals surface area contributed by atoms with Crippen LogP contribution in [0.15, 0.2) is 64.9 Å². The average Bonchev–Trinajstić information content (AvgIpc) is 3.54.